The quantitative estimate of drug-likeness (QED) is 0.681. The number of hydrogen-bond acceptors (Lipinski definition) is 3. The first-order valence-corrected chi connectivity index (χ1v) is 6.00. The molecule has 1 fully saturated rings. The van der Waals surface area contributed by atoms with Crippen molar-refractivity contribution in [3.05, 3.63) is 0 Å². The smallest absolute Gasteiger partial charge is 0.318 e. The highest BCUT2D eigenvalue weighted by Gasteiger charge is 2.20. The largest absolute Gasteiger partial charge is 0.481 e. The van der Waals surface area contributed by atoms with Gasteiger partial charge in [-0.1, -0.05) is 5.92 Å². The molecule has 0 aromatic heterocycles. The highest BCUT2D eigenvalue weighted by molar-refractivity contribution is 5.74. The molecule has 2 N–H and O–H groups in total. The fourth-order valence-electron chi connectivity index (χ4n) is 1.75. The number of hydrogen-bond donors (Lipinski definition) is 2. The van der Waals surface area contributed by atoms with Crippen molar-refractivity contribution in [2.75, 3.05) is 39.3 Å². The van der Waals surface area contributed by atoms with Gasteiger partial charge in [0.25, 0.3) is 0 Å². The van der Waals surface area contributed by atoms with Crippen molar-refractivity contribution in [1.82, 2.24) is 15.1 Å². The molecule has 0 aliphatic carbocycles. The van der Waals surface area contributed by atoms with Crippen LogP contribution in [0.25, 0.3) is 0 Å². The predicted octanol–water partition coefficient (Wildman–Crippen LogP) is -0.188. The summed E-state index contributed by atoms with van der Waals surface area (Å²) in [5.74, 6) is 4.70. The second kappa shape index (κ2) is 7.56. The average molecular weight is 253 g/mol. The van der Waals surface area contributed by atoms with Gasteiger partial charge in [0, 0.05) is 32.7 Å². The number of carbonyl (C=O) groups is 2. The molecule has 0 bridgehead atoms. The van der Waals surface area contributed by atoms with Crippen LogP contribution in [-0.4, -0.2) is 66.2 Å². The number of nitrogens with one attached hydrogen (secondary N) is 1. The Labute approximate surface area is 107 Å². The number of urea groups is 1. The first-order valence-electron chi connectivity index (χ1n) is 6.00. The van der Waals surface area contributed by atoms with E-state index >= 15 is 0 Å². The maximum absolute atomic E-state index is 11.7. The van der Waals surface area contributed by atoms with E-state index in [-0.39, 0.29) is 12.5 Å². The van der Waals surface area contributed by atoms with E-state index < -0.39 is 5.97 Å². The van der Waals surface area contributed by atoms with Crippen molar-refractivity contribution in [2.45, 2.75) is 13.3 Å². The van der Waals surface area contributed by atoms with Gasteiger partial charge in [-0.2, -0.15) is 0 Å². The average Bonchev–Trinajstić information content (AvgIpc) is 2.37. The molecule has 1 saturated heterocycles. The minimum Gasteiger partial charge on any atom is -0.481 e. The summed E-state index contributed by atoms with van der Waals surface area (Å²) < 4.78 is 0. The summed E-state index contributed by atoms with van der Waals surface area (Å²) in [7, 11) is 0. The Morgan fingerprint density at radius 3 is 2.50 bits per heavy atom. The fraction of sp³-hybridized carbons (Fsp3) is 0.667. The van der Waals surface area contributed by atoms with Gasteiger partial charge in [-0.25, -0.2) is 4.79 Å². The Hall–Kier alpha value is -1.74. The van der Waals surface area contributed by atoms with E-state index in [0.29, 0.717) is 26.2 Å². The molecule has 0 aromatic carbocycles. The van der Waals surface area contributed by atoms with E-state index in [9.17, 15) is 9.59 Å². The Morgan fingerprint density at radius 1 is 1.28 bits per heavy atom. The van der Waals surface area contributed by atoms with Crippen molar-refractivity contribution >= 4 is 12.0 Å². The van der Waals surface area contributed by atoms with Gasteiger partial charge >= 0.3 is 12.0 Å². The first-order chi connectivity index (χ1) is 8.63. The van der Waals surface area contributed by atoms with Gasteiger partial charge in [-0.15, -0.1) is 5.92 Å². The van der Waals surface area contributed by atoms with Crippen LogP contribution in [0.1, 0.15) is 13.3 Å². The summed E-state index contributed by atoms with van der Waals surface area (Å²) in [5, 5.41) is 11.3. The van der Waals surface area contributed by atoms with E-state index in [1.165, 1.54) is 0 Å². The summed E-state index contributed by atoms with van der Waals surface area (Å²) in [6.45, 7) is 5.35. The molecule has 1 rings (SSSR count). The second-order valence-corrected chi connectivity index (χ2v) is 4.06. The van der Waals surface area contributed by atoms with Gasteiger partial charge in [0.05, 0.1) is 13.0 Å². The zero-order valence-electron chi connectivity index (χ0n) is 10.6. The topological polar surface area (TPSA) is 72.9 Å². The number of amides is 2. The summed E-state index contributed by atoms with van der Waals surface area (Å²) in [5.41, 5.74) is 0. The van der Waals surface area contributed by atoms with Gasteiger partial charge in [0.2, 0.25) is 0 Å². The molecular weight excluding hydrogens is 234 g/mol. The zero-order chi connectivity index (χ0) is 13.4. The molecule has 1 aliphatic rings. The molecule has 0 atom stereocenters. The number of carboxylic acid groups (broad SMARTS) is 1. The lowest BCUT2D eigenvalue weighted by Gasteiger charge is -2.34. The normalized spacial score (nSPS) is 15.7. The van der Waals surface area contributed by atoms with Crippen molar-refractivity contribution < 1.29 is 14.7 Å². The van der Waals surface area contributed by atoms with E-state index in [0.717, 1.165) is 13.1 Å². The molecule has 0 spiro atoms. The molecule has 0 saturated carbocycles. The van der Waals surface area contributed by atoms with Gasteiger partial charge in [-0.3, -0.25) is 9.69 Å². The van der Waals surface area contributed by atoms with Crippen molar-refractivity contribution in [1.29, 1.82) is 0 Å². The molecule has 6 heteroatoms. The molecule has 0 radical (unpaired) electrons. The standard InChI is InChI=1S/C12H19N3O3/c1-2-3-5-13-12(18)15-9-7-14(8-10-15)6-4-11(16)17/h4-10H2,1H3,(H,13,18)(H,16,17). The minimum absolute atomic E-state index is 0.101. The van der Waals surface area contributed by atoms with Crippen molar-refractivity contribution in [2.24, 2.45) is 0 Å². The van der Waals surface area contributed by atoms with E-state index in [1.54, 1.807) is 11.8 Å². The maximum atomic E-state index is 11.7. The van der Waals surface area contributed by atoms with Crippen LogP contribution in [0.2, 0.25) is 0 Å². The Bertz CT molecular complexity index is 351. The summed E-state index contributed by atoms with van der Waals surface area (Å²) in [6, 6.07) is -0.101. The van der Waals surface area contributed by atoms with Crippen LogP contribution in [0, 0.1) is 11.8 Å². The minimum atomic E-state index is -0.784. The molecule has 0 aromatic rings. The van der Waals surface area contributed by atoms with Crippen LogP contribution in [0.4, 0.5) is 4.79 Å². The van der Waals surface area contributed by atoms with Gasteiger partial charge < -0.3 is 15.3 Å². The number of aliphatic carboxylic acids is 1. The molecular formula is C12H19N3O3. The lowest BCUT2D eigenvalue weighted by atomic mass is 10.3. The highest BCUT2D eigenvalue weighted by Crippen LogP contribution is 2.02. The van der Waals surface area contributed by atoms with E-state index in [1.807, 2.05) is 0 Å². The van der Waals surface area contributed by atoms with Crippen LogP contribution < -0.4 is 5.32 Å². The van der Waals surface area contributed by atoms with Crippen LogP contribution in [0.3, 0.4) is 0 Å². The number of rotatable bonds is 4. The molecule has 100 valence electrons. The lowest BCUT2D eigenvalue weighted by Crippen LogP contribution is -2.52. The summed E-state index contributed by atoms with van der Waals surface area (Å²) in [6.07, 6.45) is 0.151. The Kier molecular flexibility index (Phi) is 6.01. The molecule has 1 heterocycles. The summed E-state index contributed by atoms with van der Waals surface area (Å²) >= 11 is 0. The number of nitrogens with zero attached hydrogens (tertiary/aromatic N) is 2. The number of carboxylic acids is 1. The fourth-order valence-corrected chi connectivity index (χ4v) is 1.75. The van der Waals surface area contributed by atoms with Gasteiger partial charge in [-0.05, 0) is 6.92 Å². The second-order valence-electron chi connectivity index (χ2n) is 4.06. The third-order valence-electron chi connectivity index (χ3n) is 2.81. The van der Waals surface area contributed by atoms with Crippen molar-refractivity contribution in [3.8, 4) is 11.8 Å². The zero-order valence-corrected chi connectivity index (χ0v) is 10.6. The van der Waals surface area contributed by atoms with Crippen LogP contribution in [0.15, 0.2) is 0 Å². The third kappa shape index (κ3) is 5.06. The Morgan fingerprint density at radius 2 is 1.94 bits per heavy atom. The van der Waals surface area contributed by atoms with Crippen LogP contribution in [0.5, 0.6) is 0 Å². The summed E-state index contributed by atoms with van der Waals surface area (Å²) in [4.78, 5) is 25.9. The number of piperazine rings is 1. The SMILES string of the molecule is CC#CCNC(=O)N1CCN(CCC(=O)O)CC1. The van der Waals surface area contributed by atoms with E-state index in [2.05, 4.69) is 22.1 Å². The molecule has 18 heavy (non-hydrogen) atoms. The van der Waals surface area contributed by atoms with Crippen molar-refractivity contribution in [3.63, 3.8) is 0 Å². The van der Waals surface area contributed by atoms with Gasteiger partial charge in [0.15, 0.2) is 0 Å². The molecule has 2 amide bonds. The molecule has 1 aliphatic heterocycles. The monoisotopic (exact) mass is 253 g/mol. The lowest BCUT2D eigenvalue weighted by molar-refractivity contribution is -0.137. The number of carbonyl (C=O) groups excluding carboxylic acids is 1. The predicted molar refractivity (Wildman–Crippen MR) is 67.1 cm³/mol. The Balaban J connectivity index is 2.23. The van der Waals surface area contributed by atoms with Crippen LogP contribution in [-0.2, 0) is 4.79 Å². The van der Waals surface area contributed by atoms with Gasteiger partial charge in [0.1, 0.15) is 0 Å². The third-order valence-corrected chi connectivity index (χ3v) is 2.81. The highest BCUT2D eigenvalue weighted by atomic mass is 16.4. The van der Waals surface area contributed by atoms with E-state index in [4.69, 9.17) is 5.11 Å². The first kappa shape index (κ1) is 14.3. The molecule has 6 nitrogen and oxygen atoms in total. The molecule has 0 unspecified atom stereocenters. The van der Waals surface area contributed by atoms with Crippen LogP contribution >= 0.6 is 0 Å². The maximum Gasteiger partial charge on any atom is 0.318 e.